The van der Waals surface area contributed by atoms with Gasteiger partial charge in [-0.2, -0.15) is 0 Å². The zero-order valence-corrected chi connectivity index (χ0v) is 17.2. The van der Waals surface area contributed by atoms with Gasteiger partial charge in [-0.1, -0.05) is 23.7 Å². The number of pyridine rings is 1. The molecule has 9 heteroatoms. The van der Waals surface area contributed by atoms with Crippen LogP contribution in [0.2, 0.25) is 5.02 Å². The number of carbonyl (C=O) groups is 3. The third-order valence-electron chi connectivity index (χ3n) is 5.84. The Morgan fingerprint density at radius 1 is 1.19 bits per heavy atom. The van der Waals surface area contributed by atoms with E-state index in [1.165, 1.54) is 11.0 Å². The second-order valence-corrected chi connectivity index (χ2v) is 8.28. The van der Waals surface area contributed by atoms with Crippen molar-refractivity contribution in [3.05, 3.63) is 58.4 Å². The molecule has 1 saturated carbocycles. The molecule has 1 aliphatic carbocycles. The van der Waals surface area contributed by atoms with Crippen LogP contribution < -0.4 is 10.2 Å². The lowest BCUT2D eigenvalue weighted by Gasteiger charge is -2.31. The number of alkyl halides is 2. The van der Waals surface area contributed by atoms with Crippen LogP contribution in [-0.4, -0.2) is 35.2 Å². The number of Topliss-reactive ketones (excluding diaryl/α,β-unsaturated/α-hetero) is 1. The van der Waals surface area contributed by atoms with Crippen LogP contribution in [0, 0.1) is 5.92 Å². The van der Waals surface area contributed by atoms with Crippen LogP contribution in [0.15, 0.2) is 36.5 Å². The SMILES string of the molecule is O=C1C(=O)N(C[C@H]2CC[C@H](NC(=O)c3cc(Cl)cnc3C(F)F)CC2)c2ccccc21. The molecule has 1 N–H and O–H groups in total. The summed E-state index contributed by atoms with van der Waals surface area (Å²) >= 11 is 5.82. The van der Waals surface area contributed by atoms with E-state index < -0.39 is 29.7 Å². The molecule has 0 spiro atoms. The lowest BCUT2D eigenvalue weighted by atomic mass is 9.85. The van der Waals surface area contributed by atoms with Crippen LogP contribution in [0.1, 0.15) is 58.5 Å². The minimum Gasteiger partial charge on any atom is -0.349 e. The van der Waals surface area contributed by atoms with E-state index in [2.05, 4.69) is 10.3 Å². The van der Waals surface area contributed by atoms with Crippen molar-refractivity contribution in [3.63, 3.8) is 0 Å². The molecule has 1 aromatic carbocycles. The number of rotatable bonds is 5. The third-order valence-corrected chi connectivity index (χ3v) is 6.04. The van der Waals surface area contributed by atoms with Gasteiger partial charge in [-0.25, -0.2) is 8.78 Å². The number of benzene rings is 1. The van der Waals surface area contributed by atoms with Crippen molar-refractivity contribution in [1.29, 1.82) is 0 Å². The molecule has 0 atom stereocenters. The number of para-hydroxylation sites is 1. The number of halogens is 3. The van der Waals surface area contributed by atoms with Crippen LogP contribution in [0.3, 0.4) is 0 Å². The van der Waals surface area contributed by atoms with Gasteiger partial charge < -0.3 is 10.2 Å². The smallest absolute Gasteiger partial charge is 0.299 e. The van der Waals surface area contributed by atoms with E-state index in [0.717, 1.165) is 19.0 Å². The summed E-state index contributed by atoms with van der Waals surface area (Å²) < 4.78 is 26.3. The number of nitrogens with one attached hydrogen (secondary N) is 1. The quantitative estimate of drug-likeness (QED) is 0.697. The molecular formula is C22H20ClF2N3O3. The monoisotopic (exact) mass is 447 g/mol. The summed E-state index contributed by atoms with van der Waals surface area (Å²) in [5.41, 5.74) is 0.258. The number of ketones is 1. The summed E-state index contributed by atoms with van der Waals surface area (Å²) in [5.74, 6) is -1.44. The third kappa shape index (κ3) is 4.30. The number of amides is 2. The lowest BCUT2D eigenvalue weighted by Crippen LogP contribution is -2.41. The molecule has 1 aromatic heterocycles. The molecule has 0 radical (unpaired) electrons. The van der Waals surface area contributed by atoms with Gasteiger partial charge in [0.05, 0.1) is 21.8 Å². The topological polar surface area (TPSA) is 79.4 Å². The van der Waals surface area contributed by atoms with E-state index in [0.29, 0.717) is 30.6 Å². The first-order valence-electron chi connectivity index (χ1n) is 10.0. The predicted octanol–water partition coefficient (Wildman–Crippen LogP) is 4.19. The summed E-state index contributed by atoms with van der Waals surface area (Å²) in [4.78, 5) is 42.2. The summed E-state index contributed by atoms with van der Waals surface area (Å²) in [6.07, 6.45) is 0.977. The van der Waals surface area contributed by atoms with Crippen LogP contribution in [0.25, 0.3) is 0 Å². The molecule has 6 nitrogen and oxygen atoms in total. The second kappa shape index (κ2) is 8.70. The van der Waals surface area contributed by atoms with Crippen LogP contribution in [0.5, 0.6) is 0 Å². The van der Waals surface area contributed by atoms with E-state index in [1.54, 1.807) is 24.3 Å². The number of nitrogens with zero attached hydrogens (tertiary/aromatic N) is 2. The van der Waals surface area contributed by atoms with Gasteiger partial charge in [-0.3, -0.25) is 19.4 Å². The van der Waals surface area contributed by atoms with Crippen LogP contribution in [-0.2, 0) is 4.79 Å². The molecule has 2 aliphatic rings. The Morgan fingerprint density at radius 2 is 1.90 bits per heavy atom. The summed E-state index contributed by atoms with van der Waals surface area (Å²) in [6.45, 7) is 0.440. The maximum Gasteiger partial charge on any atom is 0.299 e. The van der Waals surface area contributed by atoms with E-state index in [-0.39, 0.29) is 22.5 Å². The normalized spacial score (nSPS) is 20.8. The molecule has 162 valence electrons. The molecule has 2 aromatic rings. The lowest BCUT2D eigenvalue weighted by molar-refractivity contribution is -0.114. The average Bonchev–Trinajstić information content (AvgIpc) is 3.00. The van der Waals surface area contributed by atoms with Crippen molar-refractivity contribution in [1.82, 2.24) is 10.3 Å². The number of hydrogen-bond donors (Lipinski definition) is 1. The van der Waals surface area contributed by atoms with Gasteiger partial charge in [0.25, 0.3) is 24.0 Å². The molecular weight excluding hydrogens is 428 g/mol. The molecule has 31 heavy (non-hydrogen) atoms. The highest BCUT2D eigenvalue weighted by Crippen LogP contribution is 2.33. The van der Waals surface area contributed by atoms with Gasteiger partial charge in [-0.05, 0) is 49.8 Å². The fourth-order valence-electron chi connectivity index (χ4n) is 4.25. The first kappa shape index (κ1) is 21.4. The molecule has 1 fully saturated rings. The summed E-state index contributed by atoms with van der Waals surface area (Å²) in [6, 6.07) is 7.98. The number of hydrogen-bond acceptors (Lipinski definition) is 4. The largest absolute Gasteiger partial charge is 0.349 e. The number of anilines is 1. The van der Waals surface area contributed by atoms with Crippen molar-refractivity contribution >= 4 is 34.9 Å². The minimum absolute atomic E-state index is 0.114. The van der Waals surface area contributed by atoms with Gasteiger partial charge in [0, 0.05) is 18.8 Å². The maximum absolute atomic E-state index is 13.2. The molecule has 4 rings (SSSR count). The molecule has 2 heterocycles. The predicted molar refractivity (Wildman–Crippen MR) is 111 cm³/mol. The van der Waals surface area contributed by atoms with E-state index in [9.17, 15) is 23.2 Å². The van der Waals surface area contributed by atoms with Crippen molar-refractivity contribution in [3.8, 4) is 0 Å². The molecule has 0 unspecified atom stereocenters. The Hall–Kier alpha value is -2.87. The summed E-state index contributed by atoms with van der Waals surface area (Å²) in [5, 5.41) is 2.91. The number of fused-ring (bicyclic) bond motifs is 1. The van der Waals surface area contributed by atoms with Crippen molar-refractivity contribution in [2.75, 3.05) is 11.4 Å². The Morgan fingerprint density at radius 3 is 2.61 bits per heavy atom. The first-order chi connectivity index (χ1) is 14.8. The zero-order chi connectivity index (χ0) is 22.1. The molecule has 0 saturated heterocycles. The number of aromatic nitrogens is 1. The van der Waals surface area contributed by atoms with Gasteiger partial charge in [0.15, 0.2) is 0 Å². The Kier molecular flexibility index (Phi) is 6.00. The van der Waals surface area contributed by atoms with Gasteiger partial charge in [0.2, 0.25) is 0 Å². The van der Waals surface area contributed by atoms with E-state index >= 15 is 0 Å². The molecule has 1 aliphatic heterocycles. The van der Waals surface area contributed by atoms with Gasteiger partial charge >= 0.3 is 0 Å². The van der Waals surface area contributed by atoms with E-state index in [1.807, 2.05) is 0 Å². The molecule has 2 amide bonds. The fourth-order valence-corrected chi connectivity index (χ4v) is 4.40. The Labute approximate surface area is 182 Å². The first-order valence-corrected chi connectivity index (χ1v) is 10.4. The maximum atomic E-state index is 13.2. The van der Waals surface area contributed by atoms with Gasteiger partial charge in [-0.15, -0.1) is 0 Å². The Bertz CT molecular complexity index is 1040. The summed E-state index contributed by atoms with van der Waals surface area (Å²) in [7, 11) is 0. The van der Waals surface area contributed by atoms with Crippen LogP contribution in [0.4, 0.5) is 14.5 Å². The highest BCUT2D eigenvalue weighted by Gasteiger charge is 2.37. The van der Waals surface area contributed by atoms with Crippen molar-refractivity contribution in [2.45, 2.75) is 38.2 Å². The standard InChI is InChI=1S/C22H20ClF2N3O3/c23-13-9-16(18(20(24)25)26-10-13)21(30)27-14-7-5-12(6-8-14)11-28-17-4-2-1-3-15(17)19(29)22(28)31/h1-4,9-10,12,14,20H,5-8,11H2,(H,27,30)/t12-,14-. The molecule has 0 bridgehead atoms. The second-order valence-electron chi connectivity index (χ2n) is 7.84. The average molecular weight is 448 g/mol. The zero-order valence-electron chi connectivity index (χ0n) is 16.5. The highest BCUT2D eigenvalue weighted by atomic mass is 35.5. The van der Waals surface area contributed by atoms with Crippen molar-refractivity contribution in [2.24, 2.45) is 5.92 Å². The van der Waals surface area contributed by atoms with Gasteiger partial charge in [0.1, 0.15) is 5.69 Å². The van der Waals surface area contributed by atoms with E-state index in [4.69, 9.17) is 11.6 Å². The minimum atomic E-state index is -2.88. The Balaban J connectivity index is 1.36. The highest BCUT2D eigenvalue weighted by molar-refractivity contribution is 6.52. The fraction of sp³-hybridized carbons (Fsp3) is 0.364. The van der Waals surface area contributed by atoms with Crippen molar-refractivity contribution < 1.29 is 23.2 Å². The van der Waals surface area contributed by atoms with Crippen LogP contribution >= 0.6 is 11.6 Å². The number of carbonyl (C=O) groups excluding carboxylic acids is 3.